The van der Waals surface area contributed by atoms with Crippen molar-refractivity contribution in [1.82, 2.24) is 4.90 Å². The minimum Gasteiger partial charge on any atom is -0.269 e. The predicted molar refractivity (Wildman–Crippen MR) is 114 cm³/mol. The normalized spacial score (nSPS) is 20.9. The summed E-state index contributed by atoms with van der Waals surface area (Å²) in [6.07, 6.45) is 6.91. The monoisotopic (exact) mass is 381 g/mol. The molecule has 0 bridgehead atoms. The van der Waals surface area contributed by atoms with E-state index in [9.17, 15) is 9.59 Å². The van der Waals surface area contributed by atoms with Gasteiger partial charge >= 0.3 is 0 Å². The average Bonchev–Trinajstić information content (AvgIpc) is 3.03. The van der Waals surface area contributed by atoms with Crippen molar-refractivity contribution in [2.24, 2.45) is 23.2 Å². The molecule has 28 heavy (non-hydrogen) atoms. The maximum Gasteiger partial charge on any atom is 0.254 e. The Bertz CT molecular complexity index is 760. The lowest BCUT2D eigenvalue weighted by molar-refractivity contribution is -0.143. The van der Waals surface area contributed by atoms with Crippen LogP contribution < -0.4 is 0 Å². The third-order valence-electron chi connectivity index (χ3n) is 6.07. The van der Waals surface area contributed by atoms with Crippen LogP contribution in [0.4, 0.5) is 0 Å². The zero-order chi connectivity index (χ0) is 20.6. The summed E-state index contributed by atoms with van der Waals surface area (Å²) in [5.41, 5.74) is 3.88. The van der Waals surface area contributed by atoms with E-state index in [-0.39, 0.29) is 23.3 Å². The summed E-state index contributed by atoms with van der Waals surface area (Å²) in [7, 11) is 0. The van der Waals surface area contributed by atoms with E-state index < -0.39 is 0 Å². The lowest BCUT2D eigenvalue weighted by Gasteiger charge is -2.42. The summed E-state index contributed by atoms with van der Waals surface area (Å²) in [5.74, 6) is 1.27. The van der Waals surface area contributed by atoms with Crippen molar-refractivity contribution < 1.29 is 9.59 Å². The third kappa shape index (κ3) is 3.81. The largest absolute Gasteiger partial charge is 0.269 e. The van der Waals surface area contributed by atoms with Crippen LogP contribution in [0.25, 0.3) is 0 Å². The number of rotatable bonds is 7. The van der Waals surface area contributed by atoms with Gasteiger partial charge in [-0.15, -0.1) is 0 Å². The van der Waals surface area contributed by atoms with Crippen molar-refractivity contribution in [3.8, 4) is 0 Å². The summed E-state index contributed by atoms with van der Waals surface area (Å²) in [4.78, 5) is 27.0. The van der Waals surface area contributed by atoms with Gasteiger partial charge in [0, 0.05) is 17.6 Å². The molecule has 0 fully saturated rings. The minimum absolute atomic E-state index is 0.0882. The van der Waals surface area contributed by atoms with Crippen LogP contribution in [0.2, 0.25) is 0 Å². The Balaban J connectivity index is 2.17. The molecule has 1 aromatic carbocycles. The van der Waals surface area contributed by atoms with E-state index in [1.165, 1.54) is 28.8 Å². The standard InChI is InChI=1S/C25H35NO2/c1-16(2)12-19-8-7-9-20-21(19)15-25(13-17(3)4,14-18(5)6)24(20)26-22(27)10-11-23(26)28/h7-11,16-18,24H,12-15H2,1-6H3/t24-/m1/s1. The molecule has 0 saturated carbocycles. The first-order valence-corrected chi connectivity index (χ1v) is 10.8. The second-order valence-corrected chi connectivity index (χ2v) is 10.1. The molecule has 0 saturated heterocycles. The lowest BCUT2D eigenvalue weighted by Crippen LogP contribution is -2.43. The molecule has 3 nitrogen and oxygen atoms in total. The molecule has 0 unspecified atom stereocenters. The van der Waals surface area contributed by atoms with Gasteiger partial charge in [0.1, 0.15) is 0 Å². The quantitative estimate of drug-likeness (QED) is 0.586. The number of fused-ring (bicyclic) bond motifs is 1. The predicted octanol–water partition coefficient (Wildman–Crippen LogP) is 5.49. The molecule has 0 aromatic heterocycles. The van der Waals surface area contributed by atoms with Crippen LogP contribution in [-0.2, 0) is 22.4 Å². The van der Waals surface area contributed by atoms with Crippen molar-refractivity contribution in [1.29, 1.82) is 0 Å². The van der Waals surface area contributed by atoms with Crippen molar-refractivity contribution in [2.75, 3.05) is 0 Å². The van der Waals surface area contributed by atoms with E-state index >= 15 is 0 Å². The molecule has 2 amide bonds. The van der Waals surface area contributed by atoms with E-state index in [2.05, 4.69) is 59.7 Å². The van der Waals surface area contributed by atoms with E-state index in [1.54, 1.807) is 4.90 Å². The van der Waals surface area contributed by atoms with E-state index in [4.69, 9.17) is 0 Å². The Labute approximate surface area is 170 Å². The minimum atomic E-state index is -0.158. The molecule has 3 rings (SSSR count). The van der Waals surface area contributed by atoms with E-state index in [0.29, 0.717) is 17.8 Å². The summed E-state index contributed by atoms with van der Waals surface area (Å²) in [5, 5.41) is 0. The molecule has 3 heteroatoms. The summed E-state index contributed by atoms with van der Waals surface area (Å²) in [6.45, 7) is 13.5. The Hall–Kier alpha value is -1.90. The molecular formula is C25H35NO2. The Morgan fingerprint density at radius 3 is 2.00 bits per heavy atom. The van der Waals surface area contributed by atoms with Crippen molar-refractivity contribution in [3.63, 3.8) is 0 Å². The Morgan fingerprint density at radius 1 is 0.929 bits per heavy atom. The van der Waals surface area contributed by atoms with E-state index in [1.807, 2.05) is 0 Å². The maximum atomic E-state index is 12.7. The van der Waals surface area contributed by atoms with Crippen LogP contribution in [0.5, 0.6) is 0 Å². The van der Waals surface area contributed by atoms with Gasteiger partial charge in [0.05, 0.1) is 6.04 Å². The first kappa shape index (κ1) is 20.8. The number of hydrogen-bond acceptors (Lipinski definition) is 2. The smallest absolute Gasteiger partial charge is 0.254 e. The van der Waals surface area contributed by atoms with Crippen LogP contribution in [0.15, 0.2) is 30.4 Å². The van der Waals surface area contributed by atoms with Crippen LogP contribution >= 0.6 is 0 Å². The number of carbonyl (C=O) groups is 2. The number of imide groups is 1. The highest BCUT2D eigenvalue weighted by atomic mass is 16.2. The average molecular weight is 382 g/mol. The number of hydrogen-bond donors (Lipinski definition) is 0. The topological polar surface area (TPSA) is 37.4 Å². The van der Waals surface area contributed by atoms with Gasteiger partial charge in [0.25, 0.3) is 11.8 Å². The van der Waals surface area contributed by atoms with Gasteiger partial charge < -0.3 is 0 Å². The van der Waals surface area contributed by atoms with Crippen molar-refractivity contribution in [2.45, 2.75) is 73.3 Å². The lowest BCUT2D eigenvalue weighted by atomic mass is 9.69. The summed E-state index contributed by atoms with van der Waals surface area (Å²) < 4.78 is 0. The SMILES string of the molecule is CC(C)Cc1cccc2c1CC(CC(C)C)(CC(C)C)[C@@H]2N1C(=O)C=CC1=O. The number of benzene rings is 1. The Morgan fingerprint density at radius 2 is 1.50 bits per heavy atom. The first-order valence-electron chi connectivity index (χ1n) is 10.8. The fraction of sp³-hybridized carbons (Fsp3) is 0.600. The van der Waals surface area contributed by atoms with Crippen LogP contribution in [0.1, 0.15) is 77.1 Å². The zero-order valence-electron chi connectivity index (χ0n) is 18.3. The van der Waals surface area contributed by atoms with Gasteiger partial charge in [-0.1, -0.05) is 59.7 Å². The first-order chi connectivity index (χ1) is 13.1. The maximum absolute atomic E-state index is 12.7. The molecular weight excluding hydrogens is 346 g/mol. The van der Waals surface area contributed by atoms with Crippen LogP contribution in [-0.4, -0.2) is 16.7 Å². The third-order valence-corrected chi connectivity index (χ3v) is 6.07. The molecule has 0 spiro atoms. The fourth-order valence-corrected chi connectivity index (χ4v) is 5.69. The Kier molecular flexibility index (Phi) is 5.84. The van der Waals surface area contributed by atoms with Gasteiger partial charge in [0.2, 0.25) is 0 Å². The highest BCUT2D eigenvalue weighted by Gasteiger charge is 2.52. The molecule has 1 aliphatic heterocycles. The molecule has 1 aliphatic carbocycles. The summed E-state index contributed by atoms with van der Waals surface area (Å²) >= 11 is 0. The highest BCUT2D eigenvalue weighted by Crippen LogP contribution is 2.57. The van der Waals surface area contributed by atoms with Gasteiger partial charge in [-0.25, -0.2) is 0 Å². The van der Waals surface area contributed by atoms with Gasteiger partial charge in [0.15, 0.2) is 0 Å². The van der Waals surface area contributed by atoms with Gasteiger partial charge in [-0.2, -0.15) is 0 Å². The van der Waals surface area contributed by atoms with Crippen molar-refractivity contribution >= 4 is 11.8 Å². The molecule has 0 N–H and O–H groups in total. The second kappa shape index (κ2) is 7.85. The number of nitrogens with zero attached hydrogens (tertiary/aromatic N) is 1. The van der Waals surface area contributed by atoms with E-state index in [0.717, 1.165) is 25.7 Å². The van der Waals surface area contributed by atoms with Gasteiger partial charge in [-0.3, -0.25) is 14.5 Å². The molecule has 152 valence electrons. The van der Waals surface area contributed by atoms with Crippen LogP contribution in [0.3, 0.4) is 0 Å². The summed E-state index contributed by atoms with van der Waals surface area (Å²) in [6, 6.07) is 6.35. The van der Waals surface area contributed by atoms with Gasteiger partial charge in [-0.05, 0) is 60.1 Å². The zero-order valence-corrected chi connectivity index (χ0v) is 18.3. The molecule has 1 aromatic rings. The van der Waals surface area contributed by atoms with Crippen LogP contribution in [0, 0.1) is 23.2 Å². The fourth-order valence-electron chi connectivity index (χ4n) is 5.69. The molecule has 1 heterocycles. The number of amides is 2. The molecule has 2 aliphatic rings. The van der Waals surface area contributed by atoms with Crippen molar-refractivity contribution in [3.05, 3.63) is 47.0 Å². The molecule has 0 radical (unpaired) electrons. The number of carbonyl (C=O) groups excluding carboxylic acids is 2. The molecule has 1 atom stereocenters. The second-order valence-electron chi connectivity index (χ2n) is 10.1. The highest BCUT2D eigenvalue weighted by molar-refractivity contribution is 6.13.